The fourth-order valence-electron chi connectivity index (χ4n) is 1.47. The van der Waals surface area contributed by atoms with Crippen molar-refractivity contribution in [1.82, 2.24) is 9.78 Å². The van der Waals surface area contributed by atoms with E-state index in [9.17, 15) is 8.78 Å². The Hall–Kier alpha value is -1.71. The monoisotopic (exact) mass is 208 g/mol. The first-order valence-electron chi connectivity index (χ1n) is 4.70. The lowest BCUT2D eigenvalue weighted by molar-refractivity contribution is 0.571. The minimum absolute atomic E-state index is 0.276. The molecule has 1 aromatic carbocycles. The smallest absolute Gasteiger partial charge is 0.151 e. The summed E-state index contributed by atoms with van der Waals surface area (Å²) in [5, 5.41) is 4.00. The van der Waals surface area contributed by atoms with Crippen molar-refractivity contribution in [2.24, 2.45) is 0 Å². The summed E-state index contributed by atoms with van der Waals surface area (Å²) in [5.41, 5.74) is 1.17. The first-order valence-corrected chi connectivity index (χ1v) is 4.70. The molecule has 0 saturated carbocycles. The SMILES string of the molecule is CCc1ccnn1-c1ccc(F)cc1F. The highest BCUT2D eigenvalue weighted by Gasteiger charge is 2.09. The van der Waals surface area contributed by atoms with Crippen molar-refractivity contribution in [3.8, 4) is 5.69 Å². The number of hydrogen-bond donors (Lipinski definition) is 0. The van der Waals surface area contributed by atoms with E-state index in [0.717, 1.165) is 18.2 Å². The van der Waals surface area contributed by atoms with Crippen LogP contribution in [-0.4, -0.2) is 9.78 Å². The van der Waals surface area contributed by atoms with E-state index < -0.39 is 11.6 Å². The minimum atomic E-state index is -0.603. The third-order valence-corrected chi connectivity index (χ3v) is 2.22. The Morgan fingerprint density at radius 1 is 1.27 bits per heavy atom. The zero-order chi connectivity index (χ0) is 10.8. The maximum atomic E-state index is 13.4. The number of hydrogen-bond acceptors (Lipinski definition) is 1. The lowest BCUT2D eigenvalue weighted by atomic mass is 10.2. The molecule has 0 N–H and O–H groups in total. The molecule has 0 bridgehead atoms. The predicted molar refractivity (Wildman–Crippen MR) is 52.9 cm³/mol. The molecule has 0 radical (unpaired) electrons. The van der Waals surface area contributed by atoms with Gasteiger partial charge in [-0.25, -0.2) is 13.5 Å². The van der Waals surface area contributed by atoms with E-state index in [1.54, 1.807) is 6.20 Å². The molecule has 78 valence electrons. The second-order valence-electron chi connectivity index (χ2n) is 3.18. The highest BCUT2D eigenvalue weighted by atomic mass is 19.1. The summed E-state index contributed by atoms with van der Waals surface area (Å²) in [4.78, 5) is 0. The lowest BCUT2D eigenvalue weighted by Gasteiger charge is -2.06. The van der Waals surface area contributed by atoms with Gasteiger partial charge < -0.3 is 0 Å². The molecule has 1 heterocycles. The van der Waals surface area contributed by atoms with Crippen LogP contribution in [0.25, 0.3) is 5.69 Å². The first-order chi connectivity index (χ1) is 7.22. The van der Waals surface area contributed by atoms with Gasteiger partial charge in [-0.15, -0.1) is 0 Å². The molecule has 0 aliphatic heterocycles. The summed E-state index contributed by atoms with van der Waals surface area (Å²) in [5.74, 6) is -1.19. The molecule has 2 rings (SSSR count). The van der Waals surface area contributed by atoms with E-state index in [-0.39, 0.29) is 5.69 Å². The number of aromatic nitrogens is 2. The molecule has 0 aliphatic rings. The second-order valence-corrected chi connectivity index (χ2v) is 3.18. The average molecular weight is 208 g/mol. The molecule has 0 amide bonds. The van der Waals surface area contributed by atoms with E-state index >= 15 is 0 Å². The Bertz CT molecular complexity index is 477. The van der Waals surface area contributed by atoms with Crippen LogP contribution in [0, 0.1) is 11.6 Å². The quantitative estimate of drug-likeness (QED) is 0.742. The summed E-state index contributed by atoms with van der Waals surface area (Å²) >= 11 is 0. The first kappa shape index (κ1) is 9.83. The Labute approximate surface area is 86.2 Å². The van der Waals surface area contributed by atoms with Gasteiger partial charge in [0.05, 0.1) is 0 Å². The minimum Gasteiger partial charge on any atom is -0.235 e. The van der Waals surface area contributed by atoms with Crippen LogP contribution in [-0.2, 0) is 6.42 Å². The van der Waals surface area contributed by atoms with Crippen LogP contribution in [0.3, 0.4) is 0 Å². The van der Waals surface area contributed by atoms with Crippen molar-refractivity contribution in [1.29, 1.82) is 0 Å². The molecule has 0 fully saturated rings. The van der Waals surface area contributed by atoms with Gasteiger partial charge in [-0.3, -0.25) is 0 Å². The molecule has 0 spiro atoms. The number of halogens is 2. The Balaban J connectivity index is 2.54. The molecule has 2 aromatic rings. The molecule has 1 aromatic heterocycles. The van der Waals surface area contributed by atoms with Crippen molar-refractivity contribution in [3.05, 3.63) is 47.8 Å². The molecule has 0 saturated heterocycles. The molecule has 4 heteroatoms. The summed E-state index contributed by atoms with van der Waals surface area (Å²) in [6.07, 6.45) is 2.35. The van der Waals surface area contributed by atoms with Crippen molar-refractivity contribution in [2.75, 3.05) is 0 Å². The predicted octanol–water partition coefficient (Wildman–Crippen LogP) is 2.71. The third-order valence-electron chi connectivity index (χ3n) is 2.22. The largest absolute Gasteiger partial charge is 0.235 e. The molecule has 0 aliphatic carbocycles. The highest BCUT2D eigenvalue weighted by Crippen LogP contribution is 2.16. The van der Waals surface area contributed by atoms with E-state index in [0.29, 0.717) is 0 Å². The van der Waals surface area contributed by atoms with Crippen LogP contribution < -0.4 is 0 Å². The van der Waals surface area contributed by atoms with Gasteiger partial charge >= 0.3 is 0 Å². The maximum Gasteiger partial charge on any atom is 0.151 e. The van der Waals surface area contributed by atoms with Crippen molar-refractivity contribution < 1.29 is 8.78 Å². The summed E-state index contributed by atoms with van der Waals surface area (Å²) in [6, 6.07) is 5.27. The maximum absolute atomic E-state index is 13.4. The van der Waals surface area contributed by atoms with E-state index in [1.165, 1.54) is 16.8 Å². The molecule has 2 nitrogen and oxygen atoms in total. The normalized spacial score (nSPS) is 10.6. The zero-order valence-electron chi connectivity index (χ0n) is 8.24. The fourth-order valence-corrected chi connectivity index (χ4v) is 1.47. The van der Waals surface area contributed by atoms with Crippen LogP contribution in [0.5, 0.6) is 0 Å². The van der Waals surface area contributed by atoms with Crippen LogP contribution in [0.2, 0.25) is 0 Å². The van der Waals surface area contributed by atoms with Crippen molar-refractivity contribution >= 4 is 0 Å². The third kappa shape index (κ3) is 1.75. The van der Waals surface area contributed by atoms with Gasteiger partial charge in [-0.2, -0.15) is 5.10 Å². The van der Waals surface area contributed by atoms with Crippen molar-refractivity contribution in [2.45, 2.75) is 13.3 Å². The molecular weight excluding hydrogens is 198 g/mol. The van der Waals surface area contributed by atoms with Crippen LogP contribution in [0.15, 0.2) is 30.5 Å². The Kier molecular flexibility index (Phi) is 2.49. The number of benzene rings is 1. The highest BCUT2D eigenvalue weighted by molar-refractivity contribution is 5.34. The Morgan fingerprint density at radius 2 is 2.07 bits per heavy atom. The van der Waals surface area contributed by atoms with E-state index in [4.69, 9.17) is 0 Å². The van der Waals surface area contributed by atoms with Gasteiger partial charge in [-0.1, -0.05) is 6.92 Å². The van der Waals surface area contributed by atoms with Crippen LogP contribution >= 0.6 is 0 Å². The summed E-state index contributed by atoms with van der Waals surface area (Å²) < 4.78 is 27.6. The van der Waals surface area contributed by atoms with E-state index in [2.05, 4.69) is 5.10 Å². The summed E-state index contributed by atoms with van der Waals surface area (Å²) in [6.45, 7) is 1.95. The van der Waals surface area contributed by atoms with Crippen LogP contribution in [0.4, 0.5) is 8.78 Å². The van der Waals surface area contributed by atoms with Crippen LogP contribution in [0.1, 0.15) is 12.6 Å². The van der Waals surface area contributed by atoms with Crippen molar-refractivity contribution in [3.63, 3.8) is 0 Å². The van der Waals surface area contributed by atoms with Gasteiger partial charge in [0.2, 0.25) is 0 Å². The summed E-state index contributed by atoms with van der Waals surface area (Å²) in [7, 11) is 0. The topological polar surface area (TPSA) is 17.8 Å². The lowest BCUT2D eigenvalue weighted by Crippen LogP contribution is -2.03. The van der Waals surface area contributed by atoms with Gasteiger partial charge in [0.15, 0.2) is 5.82 Å². The molecule has 15 heavy (non-hydrogen) atoms. The van der Waals surface area contributed by atoms with Gasteiger partial charge in [0.25, 0.3) is 0 Å². The standard InChI is InChI=1S/C11H10F2N2/c1-2-9-5-6-14-15(9)11-4-3-8(12)7-10(11)13/h3-7H,2H2,1H3. The number of nitrogens with zero attached hydrogens (tertiary/aromatic N) is 2. The zero-order valence-corrected chi connectivity index (χ0v) is 8.24. The average Bonchev–Trinajstić information content (AvgIpc) is 2.65. The molecular formula is C11H10F2N2. The number of aryl methyl sites for hydroxylation is 1. The Morgan fingerprint density at radius 3 is 2.73 bits per heavy atom. The fraction of sp³-hybridized carbons (Fsp3) is 0.182. The second kappa shape index (κ2) is 3.81. The van der Waals surface area contributed by atoms with Gasteiger partial charge in [-0.05, 0) is 24.6 Å². The van der Waals surface area contributed by atoms with Gasteiger partial charge in [0.1, 0.15) is 11.5 Å². The number of rotatable bonds is 2. The van der Waals surface area contributed by atoms with E-state index in [1.807, 2.05) is 13.0 Å². The van der Waals surface area contributed by atoms with Gasteiger partial charge in [0, 0.05) is 18.0 Å². The molecule has 0 unspecified atom stereocenters. The molecule has 0 atom stereocenters.